The average molecular weight is 194 g/mol. The molecule has 1 saturated carbocycles. The van der Waals surface area contributed by atoms with Crippen molar-refractivity contribution in [3.8, 4) is 17.2 Å². The minimum atomic E-state index is 0.144. The van der Waals surface area contributed by atoms with E-state index in [-0.39, 0.29) is 5.75 Å². The number of hydrogen-bond acceptors (Lipinski definition) is 3. The SMILES string of the molecule is COc1cccc(O)c1OCC1CC1. The van der Waals surface area contributed by atoms with Crippen LogP contribution in [0.25, 0.3) is 0 Å². The van der Waals surface area contributed by atoms with Gasteiger partial charge in [0.05, 0.1) is 13.7 Å². The molecule has 1 N–H and O–H groups in total. The highest BCUT2D eigenvalue weighted by Crippen LogP contribution is 2.38. The molecule has 0 radical (unpaired) electrons. The van der Waals surface area contributed by atoms with Crippen LogP contribution >= 0.6 is 0 Å². The normalized spacial score (nSPS) is 15.2. The van der Waals surface area contributed by atoms with Crippen LogP contribution in [-0.2, 0) is 0 Å². The molecule has 1 aromatic carbocycles. The minimum Gasteiger partial charge on any atom is -0.504 e. The minimum absolute atomic E-state index is 0.144. The van der Waals surface area contributed by atoms with E-state index >= 15 is 0 Å². The van der Waals surface area contributed by atoms with Crippen LogP contribution in [0.15, 0.2) is 18.2 Å². The summed E-state index contributed by atoms with van der Waals surface area (Å²) in [6.07, 6.45) is 2.46. The number of para-hydroxylation sites is 1. The molecule has 1 aromatic rings. The lowest BCUT2D eigenvalue weighted by atomic mass is 10.3. The fourth-order valence-electron chi connectivity index (χ4n) is 1.30. The standard InChI is InChI=1S/C11H14O3/c1-13-10-4-2-3-9(12)11(10)14-7-8-5-6-8/h2-4,8,12H,5-7H2,1H3. The van der Waals surface area contributed by atoms with E-state index in [1.165, 1.54) is 12.8 Å². The summed E-state index contributed by atoms with van der Waals surface area (Å²) in [6, 6.07) is 5.12. The highest BCUT2D eigenvalue weighted by Gasteiger charge is 2.23. The molecule has 0 heterocycles. The molecule has 1 fully saturated rings. The van der Waals surface area contributed by atoms with Crippen LogP contribution in [0.2, 0.25) is 0 Å². The second kappa shape index (κ2) is 3.78. The highest BCUT2D eigenvalue weighted by atomic mass is 16.5. The molecule has 1 aliphatic rings. The summed E-state index contributed by atoms with van der Waals surface area (Å²) in [5, 5.41) is 9.55. The van der Waals surface area contributed by atoms with E-state index in [1.54, 1.807) is 25.3 Å². The zero-order chi connectivity index (χ0) is 9.97. The number of benzene rings is 1. The number of hydrogen-bond donors (Lipinski definition) is 1. The van der Waals surface area contributed by atoms with Gasteiger partial charge in [0, 0.05) is 0 Å². The molecular formula is C11H14O3. The van der Waals surface area contributed by atoms with Crippen LogP contribution < -0.4 is 9.47 Å². The monoisotopic (exact) mass is 194 g/mol. The van der Waals surface area contributed by atoms with Crippen molar-refractivity contribution in [2.75, 3.05) is 13.7 Å². The molecule has 0 bridgehead atoms. The summed E-state index contributed by atoms with van der Waals surface area (Å²) >= 11 is 0. The number of ether oxygens (including phenoxy) is 2. The summed E-state index contributed by atoms with van der Waals surface area (Å²) < 4.78 is 10.6. The molecule has 76 valence electrons. The Morgan fingerprint density at radius 3 is 2.86 bits per heavy atom. The molecule has 0 amide bonds. The molecular weight excluding hydrogens is 180 g/mol. The smallest absolute Gasteiger partial charge is 0.203 e. The number of phenolic OH excluding ortho intramolecular Hbond substituents is 1. The van der Waals surface area contributed by atoms with Gasteiger partial charge in [-0.15, -0.1) is 0 Å². The van der Waals surface area contributed by atoms with E-state index in [1.807, 2.05) is 0 Å². The fraction of sp³-hybridized carbons (Fsp3) is 0.455. The average Bonchev–Trinajstić information content (AvgIpc) is 2.99. The molecule has 0 spiro atoms. The molecule has 1 aliphatic carbocycles. The van der Waals surface area contributed by atoms with Crippen molar-refractivity contribution in [3.05, 3.63) is 18.2 Å². The zero-order valence-electron chi connectivity index (χ0n) is 8.19. The molecule has 0 aliphatic heterocycles. The van der Waals surface area contributed by atoms with Gasteiger partial charge in [0.25, 0.3) is 0 Å². The van der Waals surface area contributed by atoms with Crippen LogP contribution in [0.3, 0.4) is 0 Å². The van der Waals surface area contributed by atoms with Gasteiger partial charge in [-0.25, -0.2) is 0 Å². The Morgan fingerprint density at radius 1 is 1.43 bits per heavy atom. The first kappa shape index (κ1) is 9.19. The molecule has 0 atom stereocenters. The van der Waals surface area contributed by atoms with Crippen molar-refractivity contribution in [1.82, 2.24) is 0 Å². The Balaban J connectivity index is 2.11. The quantitative estimate of drug-likeness (QED) is 0.798. The van der Waals surface area contributed by atoms with E-state index in [2.05, 4.69) is 0 Å². The van der Waals surface area contributed by atoms with Crippen LogP contribution in [0.4, 0.5) is 0 Å². The Morgan fingerprint density at radius 2 is 2.21 bits per heavy atom. The van der Waals surface area contributed by atoms with Gasteiger partial charge in [-0.05, 0) is 30.9 Å². The maximum atomic E-state index is 9.55. The lowest BCUT2D eigenvalue weighted by molar-refractivity contribution is 0.266. The first-order valence-electron chi connectivity index (χ1n) is 4.80. The van der Waals surface area contributed by atoms with Crippen molar-refractivity contribution in [2.45, 2.75) is 12.8 Å². The summed E-state index contributed by atoms with van der Waals surface area (Å²) in [6.45, 7) is 0.675. The van der Waals surface area contributed by atoms with E-state index in [4.69, 9.17) is 9.47 Å². The fourth-order valence-corrected chi connectivity index (χ4v) is 1.30. The van der Waals surface area contributed by atoms with Crippen molar-refractivity contribution < 1.29 is 14.6 Å². The lowest BCUT2D eigenvalue weighted by Gasteiger charge is -2.11. The van der Waals surface area contributed by atoms with Gasteiger partial charge >= 0.3 is 0 Å². The predicted octanol–water partition coefficient (Wildman–Crippen LogP) is 2.19. The predicted molar refractivity (Wildman–Crippen MR) is 52.9 cm³/mol. The maximum absolute atomic E-state index is 9.55. The third-order valence-corrected chi connectivity index (χ3v) is 2.34. The second-order valence-electron chi connectivity index (χ2n) is 3.56. The van der Waals surface area contributed by atoms with Gasteiger partial charge in [0.1, 0.15) is 0 Å². The first-order valence-corrected chi connectivity index (χ1v) is 4.80. The second-order valence-corrected chi connectivity index (χ2v) is 3.56. The van der Waals surface area contributed by atoms with Gasteiger partial charge in [0.2, 0.25) is 5.75 Å². The van der Waals surface area contributed by atoms with Crippen molar-refractivity contribution in [3.63, 3.8) is 0 Å². The molecule has 3 heteroatoms. The maximum Gasteiger partial charge on any atom is 0.203 e. The van der Waals surface area contributed by atoms with Crippen LogP contribution in [0.1, 0.15) is 12.8 Å². The molecule has 2 rings (SSSR count). The first-order chi connectivity index (χ1) is 6.81. The summed E-state index contributed by atoms with van der Waals surface area (Å²) in [4.78, 5) is 0. The van der Waals surface area contributed by atoms with Crippen molar-refractivity contribution >= 4 is 0 Å². The molecule has 3 nitrogen and oxygen atoms in total. The van der Waals surface area contributed by atoms with Gasteiger partial charge in [-0.3, -0.25) is 0 Å². The Hall–Kier alpha value is -1.38. The largest absolute Gasteiger partial charge is 0.504 e. The Bertz CT molecular complexity index is 318. The van der Waals surface area contributed by atoms with Crippen LogP contribution in [-0.4, -0.2) is 18.8 Å². The third kappa shape index (κ3) is 1.92. The summed E-state index contributed by atoms with van der Waals surface area (Å²) in [5.74, 6) is 1.86. The van der Waals surface area contributed by atoms with Crippen molar-refractivity contribution in [1.29, 1.82) is 0 Å². The lowest BCUT2D eigenvalue weighted by Crippen LogP contribution is -2.00. The van der Waals surface area contributed by atoms with E-state index in [0.29, 0.717) is 24.0 Å². The van der Waals surface area contributed by atoms with Gasteiger partial charge in [-0.1, -0.05) is 6.07 Å². The van der Waals surface area contributed by atoms with Crippen LogP contribution in [0, 0.1) is 5.92 Å². The summed E-state index contributed by atoms with van der Waals surface area (Å²) in [7, 11) is 1.57. The number of rotatable bonds is 4. The van der Waals surface area contributed by atoms with Gasteiger partial charge < -0.3 is 14.6 Å². The van der Waals surface area contributed by atoms with Crippen molar-refractivity contribution in [2.24, 2.45) is 5.92 Å². The van der Waals surface area contributed by atoms with Gasteiger partial charge in [0.15, 0.2) is 11.5 Å². The Kier molecular flexibility index (Phi) is 2.48. The Labute approximate surface area is 83.3 Å². The van der Waals surface area contributed by atoms with E-state index < -0.39 is 0 Å². The molecule has 0 aromatic heterocycles. The van der Waals surface area contributed by atoms with E-state index in [0.717, 1.165) is 0 Å². The van der Waals surface area contributed by atoms with E-state index in [9.17, 15) is 5.11 Å². The highest BCUT2D eigenvalue weighted by molar-refractivity contribution is 5.50. The number of aromatic hydroxyl groups is 1. The number of methoxy groups -OCH3 is 1. The molecule has 0 saturated heterocycles. The topological polar surface area (TPSA) is 38.7 Å². The zero-order valence-corrected chi connectivity index (χ0v) is 8.19. The van der Waals surface area contributed by atoms with Crippen LogP contribution in [0.5, 0.6) is 17.2 Å². The molecule has 14 heavy (non-hydrogen) atoms. The van der Waals surface area contributed by atoms with Gasteiger partial charge in [-0.2, -0.15) is 0 Å². The molecule has 0 unspecified atom stereocenters. The third-order valence-electron chi connectivity index (χ3n) is 2.34. The number of phenols is 1. The summed E-state index contributed by atoms with van der Waals surface area (Å²) in [5.41, 5.74) is 0.